The zero-order valence-electron chi connectivity index (χ0n) is 15.1. The SMILES string of the molecule is C=CCOc1ccc(C(=O)N2CCNCC2c2nccn2C)cc1OC. The van der Waals surface area contributed by atoms with Crippen LogP contribution in [0.2, 0.25) is 0 Å². The molecule has 1 unspecified atom stereocenters. The molecule has 1 amide bonds. The highest BCUT2D eigenvalue weighted by atomic mass is 16.5. The van der Waals surface area contributed by atoms with E-state index in [4.69, 9.17) is 9.47 Å². The van der Waals surface area contributed by atoms with Gasteiger partial charge in [-0.3, -0.25) is 4.79 Å². The second-order valence-corrected chi connectivity index (χ2v) is 6.08. The van der Waals surface area contributed by atoms with E-state index in [2.05, 4.69) is 16.9 Å². The van der Waals surface area contributed by atoms with Crippen LogP contribution in [0.5, 0.6) is 11.5 Å². The van der Waals surface area contributed by atoms with E-state index in [-0.39, 0.29) is 11.9 Å². The summed E-state index contributed by atoms with van der Waals surface area (Å²) in [7, 11) is 3.50. The van der Waals surface area contributed by atoms with Crippen molar-refractivity contribution in [3.05, 3.63) is 54.6 Å². The molecule has 1 fully saturated rings. The second-order valence-electron chi connectivity index (χ2n) is 6.08. The van der Waals surface area contributed by atoms with Gasteiger partial charge in [-0.25, -0.2) is 4.98 Å². The molecule has 0 aliphatic carbocycles. The molecular formula is C19H24N4O3. The van der Waals surface area contributed by atoms with Crippen molar-refractivity contribution in [1.82, 2.24) is 19.8 Å². The summed E-state index contributed by atoms with van der Waals surface area (Å²) in [6.45, 7) is 6.06. The van der Waals surface area contributed by atoms with Crippen LogP contribution >= 0.6 is 0 Å². The van der Waals surface area contributed by atoms with Crippen LogP contribution in [0.4, 0.5) is 0 Å². The largest absolute Gasteiger partial charge is 0.493 e. The minimum absolute atomic E-state index is 0.0481. The molecular weight excluding hydrogens is 332 g/mol. The van der Waals surface area contributed by atoms with Crippen LogP contribution in [0.15, 0.2) is 43.2 Å². The van der Waals surface area contributed by atoms with E-state index in [1.54, 1.807) is 37.6 Å². The van der Waals surface area contributed by atoms with Crippen LogP contribution in [0.1, 0.15) is 22.2 Å². The zero-order valence-corrected chi connectivity index (χ0v) is 15.1. The molecule has 0 saturated carbocycles. The van der Waals surface area contributed by atoms with Gasteiger partial charge in [0.05, 0.1) is 7.11 Å². The molecule has 1 aliphatic rings. The van der Waals surface area contributed by atoms with Crippen molar-refractivity contribution in [3.8, 4) is 11.5 Å². The Bertz CT molecular complexity index is 787. The van der Waals surface area contributed by atoms with Gasteiger partial charge in [0.25, 0.3) is 5.91 Å². The van der Waals surface area contributed by atoms with E-state index >= 15 is 0 Å². The third-order valence-electron chi connectivity index (χ3n) is 4.43. The van der Waals surface area contributed by atoms with E-state index in [1.807, 2.05) is 22.7 Å². The van der Waals surface area contributed by atoms with E-state index in [0.29, 0.717) is 36.8 Å². The molecule has 7 nitrogen and oxygen atoms in total. The Labute approximate surface area is 153 Å². The van der Waals surface area contributed by atoms with Gasteiger partial charge in [-0.05, 0) is 18.2 Å². The number of benzene rings is 1. The standard InChI is InChI=1S/C19H24N4O3/c1-4-11-26-16-6-5-14(12-17(16)25-3)19(24)23-10-7-20-13-15(23)18-21-8-9-22(18)2/h4-6,8-9,12,15,20H,1,7,10-11,13H2,2-3H3. The molecule has 1 aliphatic heterocycles. The predicted octanol–water partition coefficient (Wildman–Crippen LogP) is 1.78. The van der Waals surface area contributed by atoms with Crippen LogP contribution in [0, 0.1) is 0 Å². The van der Waals surface area contributed by atoms with Crippen LogP contribution in [0.3, 0.4) is 0 Å². The monoisotopic (exact) mass is 356 g/mol. The fourth-order valence-corrected chi connectivity index (χ4v) is 3.11. The molecule has 3 rings (SSSR count). The number of piperazine rings is 1. The zero-order chi connectivity index (χ0) is 18.5. The van der Waals surface area contributed by atoms with Gasteiger partial charge in [0.15, 0.2) is 11.5 Å². The number of hydrogen-bond acceptors (Lipinski definition) is 5. The van der Waals surface area contributed by atoms with Gasteiger partial charge in [0.1, 0.15) is 18.5 Å². The van der Waals surface area contributed by atoms with Gasteiger partial charge in [-0.2, -0.15) is 0 Å². The van der Waals surface area contributed by atoms with Crippen LogP contribution in [-0.2, 0) is 7.05 Å². The fourth-order valence-electron chi connectivity index (χ4n) is 3.11. The van der Waals surface area contributed by atoms with Crippen LogP contribution < -0.4 is 14.8 Å². The molecule has 2 heterocycles. The number of hydrogen-bond donors (Lipinski definition) is 1. The van der Waals surface area contributed by atoms with Gasteiger partial charge in [-0.1, -0.05) is 12.7 Å². The average Bonchev–Trinajstić information content (AvgIpc) is 3.11. The Morgan fingerprint density at radius 2 is 2.31 bits per heavy atom. The summed E-state index contributed by atoms with van der Waals surface area (Å²) in [5, 5.41) is 3.34. The lowest BCUT2D eigenvalue weighted by molar-refractivity contribution is 0.0620. The normalized spacial score (nSPS) is 17.0. The first-order valence-corrected chi connectivity index (χ1v) is 8.56. The number of aromatic nitrogens is 2. The lowest BCUT2D eigenvalue weighted by Gasteiger charge is -2.35. The van der Waals surface area contributed by atoms with Crippen LogP contribution in [-0.4, -0.2) is 53.7 Å². The highest BCUT2D eigenvalue weighted by molar-refractivity contribution is 5.95. The number of carbonyl (C=O) groups excluding carboxylic acids is 1. The van der Waals surface area contributed by atoms with Crippen molar-refractivity contribution >= 4 is 5.91 Å². The average molecular weight is 356 g/mol. The molecule has 2 aromatic rings. The third-order valence-corrected chi connectivity index (χ3v) is 4.43. The van der Waals surface area contributed by atoms with E-state index in [0.717, 1.165) is 12.4 Å². The molecule has 1 saturated heterocycles. The van der Waals surface area contributed by atoms with E-state index < -0.39 is 0 Å². The van der Waals surface area contributed by atoms with E-state index in [9.17, 15) is 4.79 Å². The summed E-state index contributed by atoms with van der Waals surface area (Å²) < 4.78 is 12.9. The molecule has 7 heteroatoms. The first kappa shape index (κ1) is 18.0. The quantitative estimate of drug-likeness (QED) is 0.799. The lowest BCUT2D eigenvalue weighted by atomic mass is 10.1. The van der Waals surface area contributed by atoms with Gasteiger partial charge < -0.3 is 24.3 Å². The number of nitrogens with one attached hydrogen (secondary N) is 1. The lowest BCUT2D eigenvalue weighted by Crippen LogP contribution is -2.49. The predicted molar refractivity (Wildman–Crippen MR) is 98.5 cm³/mol. The van der Waals surface area contributed by atoms with Crippen molar-refractivity contribution in [2.75, 3.05) is 33.4 Å². The molecule has 1 aromatic carbocycles. The van der Waals surface area contributed by atoms with Gasteiger partial charge >= 0.3 is 0 Å². The Kier molecular flexibility index (Phi) is 5.58. The van der Waals surface area contributed by atoms with E-state index in [1.165, 1.54) is 0 Å². The summed E-state index contributed by atoms with van der Waals surface area (Å²) in [4.78, 5) is 19.4. The molecule has 0 spiro atoms. The Morgan fingerprint density at radius 3 is 3.00 bits per heavy atom. The number of methoxy groups -OCH3 is 1. The number of amides is 1. The highest BCUT2D eigenvalue weighted by Crippen LogP contribution is 2.30. The number of imidazole rings is 1. The number of aryl methyl sites for hydroxylation is 1. The number of ether oxygens (including phenoxy) is 2. The van der Waals surface area contributed by atoms with Crippen molar-refractivity contribution in [2.45, 2.75) is 6.04 Å². The summed E-state index contributed by atoms with van der Waals surface area (Å²) >= 11 is 0. The van der Waals surface area contributed by atoms with Crippen molar-refractivity contribution in [2.24, 2.45) is 7.05 Å². The first-order valence-electron chi connectivity index (χ1n) is 8.56. The fraction of sp³-hybridized carbons (Fsp3) is 0.368. The molecule has 0 radical (unpaired) electrons. The van der Waals surface area contributed by atoms with Gasteiger partial charge in [-0.15, -0.1) is 0 Å². The Morgan fingerprint density at radius 1 is 1.46 bits per heavy atom. The molecule has 26 heavy (non-hydrogen) atoms. The minimum Gasteiger partial charge on any atom is -0.493 e. The third kappa shape index (κ3) is 3.57. The first-order chi connectivity index (χ1) is 12.7. The second kappa shape index (κ2) is 8.05. The summed E-state index contributed by atoms with van der Waals surface area (Å²) in [6, 6.07) is 5.13. The maximum Gasteiger partial charge on any atom is 0.254 e. The maximum absolute atomic E-state index is 13.2. The number of carbonyl (C=O) groups is 1. The van der Waals surface area contributed by atoms with Gasteiger partial charge in [0.2, 0.25) is 0 Å². The smallest absolute Gasteiger partial charge is 0.254 e. The minimum atomic E-state index is -0.112. The molecule has 1 atom stereocenters. The topological polar surface area (TPSA) is 68.6 Å². The number of rotatable bonds is 6. The summed E-state index contributed by atoms with van der Waals surface area (Å²) in [5.41, 5.74) is 0.564. The van der Waals surface area contributed by atoms with Crippen LogP contribution in [0.25, 0.3) is 0 Å². The Hall–Kier alpha value is -2.80. The van der Waals surface area contributed by atoms with Gasteiger partial charge in [0, 0.05) is 44.6 Å². The molecule has 1 aromatic heterocycles. The number of nitrogens with zero attached hydrogens (tertiary/aromatic N) is 3. The summed E-state index contributed by atoms with van der Waals surface area (Å²) in [6.07, 6.45) is 5.30. The maximum atomic E-state index is 13.2. The summed E-state index contributed by atoms with van der Waals surface area (Å²) in [5.74, 6) is 1.93. The highest BCUT2D eigenvalue weighted by Gasteiger charge is 2.31. The van der Waals surface area contributed by atoms with Crippen molar-refractivity contribution in [1.29, 1.82) is 0 Å². The Balaban J connectivity index is 1.87. The van der Waals surface area contributed by atoms with Crippen molar-refractivity contribution < 1.29 is 14.3 Å². The molecule has 1 N–H and O–H groups in total. The molecule has 138 valence electrons. The van der Waals surface area contributed by atoms with Crippen molar-refractivity contribution in [3.63, 3.8) is 0 Å². The molecule has 0 bridgehead atoms.